The van der Waals surface area contributed by atoms with Crippen LogP contribution in [0.1, 0.15) is 51.9 Å². The van der Waals surface area contributed by atoms with Gasteiger partial charge in [-0.25, -0.2) is 0 Å². The molecule has 3 heteroatoms. The molecule has 17 heavy (non-hydrogen) atoms. The number of rotatable bonds is 3. The van der Waals surface area contributed by atoms with Crippen molar-refractivity contribution in [3.63, 3.8) is 0 Å². The van der Waals surface area contributed by atoms with Crippen molar-refractivity contribution >= 4 is 5.91 Å². The molecular weight excluding hydrogens is 212 g/mol. The highest BCUT2D eigenvalue weighted by Crippen LogP contribution is 2.39. The maximum absolute atomic E-state index is 12.6. The van der Waals surface area contributed by atoms with Crippen LogP contribution >= 0.6 is 0 Å². The molecule has 0 aromatic rings. The Bertz CT molecular complexity index is 263. The van der Waals surface area contributed by atoms with Crippen LogP contribution in [0.3, 0.4) is 0 Å². The topological polar surface area (TPSA) is 46.3 Å². The number of nitrogens with two attached hydrogens (primary N) is 1. The maximum atomic E-state index is 12.6. The van der Waals surface area contributed by atoms with Crippen molar-refractivity contribution < 1.29 is 4.79 Å². The average Bonchev–Trinajstić information content (AvgIpc) is 2.88. The van der Waals surface area contributed by atoms with Gasteiger partial charge < -0.3 is 10.6 Å². The highest BCUT2D eigenvalue weighted by Gasteiger charge is 2.42. The first-order chi connectivity index (χ1) is 8.22. The van der Waals surface area contributed by atoms with Gasteiger partial charge in [-0.05, 0) is 31.6 Å². The van der Waals surface area contributed by atoms with Crippen LogP contribution in [-0.4, -0.2) is 30.4 Å². The second kappa shape index (κ2) is 5.38. The molecule has 3 nitrogen and oxygen atoms in total. The van der Waals surface area contributed by atoms with Gasteiger partial charge >= 0.3 is 0 Å². The lowest BCUT2D eigenvalue weighted by molar-refractivity contribution is -0.142. The van der Waals surface area contributed by atoms with E-state index in [4.69, 9.17) is 5.73 Å². The number of hydrogen-bond acceptors (Lipinski definition) is 2. The fourth-order valence-corrected chi connectivity index (χ4v) is 3.44. The van der Waals surface area contributed by atoms with Crippen molar-refractivity contribution in [1.82, 2.24) is 4.90 Å². The molecule has 0 radical (unpaired) electrons. The van der Waals surface area contributed by atoms with E-state index in [2.05, 4.69) is 11.8 Å². The lowest BCUT2D eigenvalue weighted by atomic mass is 9.83. The Morgan fingerprint density at radius 3 is 2.35 bits per heavy atom. The zero-order valence-corrected chi connectivity index (χ0v) is 11.1. The third-order valence-electron chi connectivity index (χ3n) is 4.88. The second-order valence-electron chi connectivity index (χ2n) is 5.84. The molecule has 2 aliphatic rings. The number of likely N-dealkylation sites (tertiary alicyclic amines) is 1. The summed E-state index contributed by atoms with van der Waals surface area (Å²) in [5.41, 5.74) is 5.69. The molecule has 1 aliphatic heterocycles. The zero-order valence-electron chi connectivity index (χ0n) is 11.1. The predicted molar refractivity (Wildman–Crippen MR) is 69.6 cm³/mol. The number of piperidine rings is 1. The summed E-state index contributed by atoms with van der Waals surface area (Å²) in [6, 6.07) is 0. The summed E-state index contributed by atoms with van der Waals surface area (Å²) < 4.78 is 0. The smallest absolute Gasteiger partial charge is 0.230 e. The minimum atomic E-state index is -0.195. The van der Waals surface area contributed by atoms with Crippen LogP contribution in [0.25, 0.3) is 0 Å². The molecule has 0 bridgehead atoms. The van der Waals surface area contributed by atoms with Crippen molar-refractivity contribution in [1.29, 1.82) is 0 Å². The predicted octanol–water partition coefficient (Wildman–Crippen LogP) is 2.15. The van der Waals surface area contributed by atoms with Gasteiger partial charge in [0.25, 0.3) is 0 Å². The maximum Gasteiger partial charge on any atom is 0.230 e. The Balaban J connectivity index is 1.96. The lowest BCUT2D eigenvalue weighted by Gasteiger charge is -2.37. The number of amides is 1. The first kappa shape index (κ1) is 12.9. The Kier molecular flexibility index (Phi) is 4.08. The fraction of sp³-hybridized carbons (Fsp3) is 0.929. The van der Waals surface area contributed by atoms with E-state index in [1.807, 2.05) is 0 Å². The molecule has 2 rings (SSSR count). The summed E-state index contributed by atoms with van der Waals surface area (Å²) in [6.07, 6.45) is 7.99. The molecule has 0 aromatic heterocycles. The van der Waals surface area contributed by atoms with Gasteiger partial charge in [0, 0.05) is 19.6 Å². The number of nitrogens with zero attached hydrogens (tertiary/aromatic N) is 1. The van der Waals surface area contributed by atoms with E-state index in [0.717, 1.165) is 31.8 Å². The molecule has 0 spiro atoms. The van der Waals surface area contributed by atoms with E-state index >= 15 is 0 Å². The van der Waals surface area contributed by atoms with Crippen molar-refractivity contribution in [2.45, 2.75) is 51.9 Å². The van der Waals surface area contributed by atoms with Crippen LogP contribution in [0.15, 0.2) is 0 Å². The Hall–Kier alpha value is -0.570. The van der Waals surface area contributed by atoms with Crippen LogP contribution < -0.4 is 5.73 Å². The van der Waals surface area contributed by atoms with E-state index in [9.17, 15) is 4.79 Å². The summed E-state index contributed by atoms with van der Waals surface area (Å²) >= 11 is 0. The largest absolute Gasteiger partial charge is 0.342 e. The van der Waals surface area contributed by atoms with Gasteiger partial charge in [0.2, 0.25) is 5.91 Å². The van der Waals surface area contributed by atoms with Crippen LogP contribution in [0.4, 0.5) is 0 Å². The molecule has 0 unspecified atom stereocenters. The summed E-state index contributed by atoms with van der Waals surface area (Å²) in [7, 11) is 0. The molecule has 1 amide bonds. The number of carbonyl (C=O) groups is 1. The van der Waals surface area contributed by atoms with Gasteiger partial charge in [-0.15, -0.1) is 0 Å². The Morgan fingerprint density at radius 2 is 1.88 bits per heavy atom. The highest BCUT2D eigenvalue weighted by molar-refractivity contribution is 5.83. The SMILES string of the molecule is CCC1CCN(C(=O)C2(CN)CCCC2)CC1. The van der Waals surface area contributed by atoms with Gasteiger partial charge in [0.05, 0.1) is 5.41 Å². The van der Waals surface area contributed by atoms with E-state index in [1.54, 1.807) is 0 Å². The Labute approximate surface area is 105 Å². The van der Waals surface area contributed by atoms with Crippen molar-refractivity contribution in [3.8, 4) is 0 Å². The lowest BCUT2D eigenvalue weighted by Crippen LogP contribution is -2.49. The summed E-state index contributed by atoms with van der Waals surface area (Å²) in [4.78, 5) is 14.7. The zero-order chi connectivity index (χ0) is 12.3. The molecule has 0 atom stereocenters. The molecule has 0 aromatic carbocycles. The van der Waals surface area contributed by atoms with Crippen molar-refractivity contribution in [2.24, 2.45) is 17.1 Å². The molecule has 1 heterocycles. The van der Waals surface area contributed by atoms with E-state index in [0.29, 0.717) is 12.5 Å². The number of hydrogen-bond donors (Lipinski definition) is 1. The molecule has 1 aliphatic carbocycles. The van der Waals surface area contributed by atoms with Crippen LogP contribution in [0.5, 0.6) is 0 Å². The van der Waals surface area contributed by atoms with Gasteiger partial charge in [-0.2, -0.15) is 0 Å². The first-order valence-corrected chi connectivity index (χ1v) is 7.21. The molecule has 2 fully saturated rings. The second-order valence-corrected chi connectivity index (χ2v) is 5.84. The monoisotopic (exact) mass is 238 g/mol. The van der Waals surface area contributed by atoms with E-state index in [-0.39, 0.29) is 5.41 Å². The van der Waals surface area contributed by atoms with Gasteiger partial charge in [0.1, 0.15) is 0 Å². The van der Waals surface area contributed by atoms with E-state index < -0.39 is 0 Å². The van der Waals surface area contributed by atoms with E-state index in [1.165, 1.54) is 32.1 Å². The van der Waals surface area contributed by atoms with Crippen LogP contribution in [0, 0.1) is 11.3 Å². The van der Waals surface area contributed by atoms with Crippen molar-refractivity contribution in [2.75, 3.05) is 19.6 Å². The van der Waals surface area contributed by atoms with Crippen LogP contribution in [0.2, 0.25) is 0 Å². The third-order valence-corrected chi connectivity index (χ3v) is 4.88. The van der Waals surface area contributed by atoms with Crippen LogP contribution in [-0.2, 0) is 4.79 Å². The molecule has 1 saturated carbocycles. The van der Waals surface area contributed by atoms with Gasteiger partial charge in [0.15, 0.2) is 0 Å². The summed E-state index contributed by atoms with van der Waals surface area (Å²) in [5.74, 6) is 1.18. The fourth-order valence-electron chi connectivity index (χ4n) is 3.44. The Morgan fingerprint density at radius 1 is 1.29 bits per heavy atom. The number of carbonyl (C=O) groups excluding carboxylic acids is 1. The molecule has 1 saturated heterocycles. The standard InChI is InChI=1S/C14H26N2O/c1-2-12-5-9-16(10-6-12)13(17)14(11-15)7-3-4-8-14/h12H,2-11,15H2,1H3. The normalized spacial score (nSPS) is 25.2. The summed E-state index contributed by atoms with van der Waals surface area (Å²) in [6.45, 7) is 4.71. The molecular formula is C14H26N2O. The first-order valence-electron chi connectivity index (χ1n) is 7.21. The summed E-state index contributed by atoms with van der Waals surface area (Å²) in [5, 5.41) is 0. The molecule has 98 valence electrons. The molecule has 2 N–H and O–H groups in total. The third kappa shape index (κ3) is 2.49. The quantitative estimate of drug-likeness (QED) is 0.819. The average molecular weight is 238 g/mol. The minimum absolute atomic E-state index is 0.195. The minimum Gasteiger partial charge on any atom is -0.342 e. The van der Waals surface area contributed by atoms with Crippen molar-refractivity contribution in [3.05, 3.63) is 0 Å². The van der Waals surface area contributed by atoms with Gasteiger partial charge in [-0.3, -0.25) is 4.79 Å². The highest BCUT2D eigenvalue weighted by atomic mass is 16.2. The van der Waals surface area contributed by atoms with Gasteiger partial charge in [-0.1, -0.05) is 26.2 Å².